The summed E-state index contributed by atoms with van der Waals surface area (Å²) in [5.74, 6) is 1.10. The first-order chi connectivity index (χ1) is 9.30. The molecule has 1 aliphatic carbocycles. The molecule has 1 heterocycles. The molecule has 0 saturated heterocycles. The van der Waals surface area contributed by atoms with E-state index in [1.165, 1.54) is 18.4 Å². The van der Waals surface area contributed by atoms with E-state index >= 15 is 0 Å². The Hall–Kier alpha value is -1.62. The molecule has 1 fully saturated rings. The summed E-state index contributed by atoms with van der Waals surface area (Å²) < 4.78 is 5.24. The number of amides is 1. The highest BCUT2D eigenvalue weighted by molar-refractivity contribution is 5.83. The quantitative estimate of drug-likeness (QED) is 0.890. The van der Waals surface area contributed by atoms with Crippen molar-refractivity contribution in [3.63, 3.8) is 0 Å². The Kier molecular flexibility index (Phi) is 3.99. The van der Waals surface area contributed by atoms with Gasteiger partial charge in [0.1, 0.15) is 11.4 Å². The number of ether oxygens (including phenoxy) is 1. The van der Waals surface area contributed by atoms with Gasteiger partial charge in [-0.15, -0.1) is 0 Å². The first-order valence-electron chi connectivity index (χ1n) is 7.00. The highest BCUT2D eigenvalue weighted by Gasteiger charge is 2.27. The molecule has 0 spiro atoms. The van der Waals surface area contributed by atoms with E-state index < -0.39 is 11.7 Å². The highest BCUT2D eigenvalue weighted by Crippen LogP contribution is 2.42. The zero-order valence-electron chi connectivity index (χ0n) is 12.6. The van der Waals surface area contributed by atoms with E-state index in [2.05, 4.69) is 10.3 Å². The van der Waals surface area contributed by atoms with Crippen LogP contribution in [0.3, 0.4) is 0 Å². The number of anilines is 1. The predicted octanol–water partition coefficient (Wildman–Crippen LogP) is 3.07. The van der Waals surface area contributed by atoms with Crippen LogP contribution in [-0.4, -0.2) is 16.7 Å². The number of carbonyl (C=O) groups is 1. The molecule has 0 unspecified atom stereocenters. The number of carbonyl (C=O) groups excluding carboxylic acids is 1. The Morgan fingerprint density at radius 1 is 1.50 bits per heavy atom. The molecule has 1 aliphatic rings. The molecule has 1 aromatic rings. The van der Waals surface area contributed by atoms with Gasteiger partial charge in [-0.05, 0) is 63.6 Å². The van der Waals surface area contributed by atoms with Crippen LogP contribution in [-0.2, 0) is 11.3 Å². The van der Waals surface area contributed by atoms with Crippen molar-refractivity contribution in [1.29, 1.82) is 0 Å². The molecule has 2 rings (SSSR count). The van der Waals surface area contributed by atoms with Gasteiger partial charge in [0.25, 0.3) is 0 Å². The van der Waals surface area contributed by atoms with Gasteiger partial charge in [0.05, 0.1) is 0 Å². The van der Waals surface area contributed by atoms with Crippen molar-refractivity contribution in [3.05, 3.63) is 22.9 Å². The monoisotopic (exact) mass is 277 g/mol. The third-order valence-corrected chi connectivity index (χ3v) is 3.22. The van der Waals surface area contributed by atoms with E-state index in [1.54, 1.807) is 0 Å². The second kappa shape index (κ2) is 5.40. The lowest BCUT2D eigenvalue weighted by molar-refractivity contribution is 0.0635. The molecule has 0 aromatic carbocycles. The molecule has 1 aromatic heterocycles. The van der Waals surface area contributed by atoms with Gasteiger partial charge in [-0.25, -0.2) is 9.78 Å². The summed E-state index contributed by atoms with van der Waals surface area (Å²) in [5, 5.41) is 2.70. The van der Waals surface area contributed by atoms with E-state index in [0.717, 1.165) is 11.3 Å². The molecular weight excluding hydrogens is 254 g/mol. The second-order valence-electron chi connectivity index (χ2n) is 6.27. The molecule has 5 nitrogen and oxygen atoms in total. The van der Waals surface area contributed by atoms with Crippen molar-refractivity contribution < 1.29 is 9.53 Å². The Morgan fingerprint density at radius 3 is 2.65 bits per heavy atom. The fourth-order valence-electron chi connectivity index (χ4n) is 2.22. The third kappa shape index (κ3) is 3.70. The number of hydrogen-bond donors (Lipinski definition) is 2. The van der Waals surface area contributed by atoms with Crippen LogP contribution in [0.1, 0.15) is 56.4 Å². The maximum atomic E-state index is 11.8. The minimum atomic E-state index is -0.518. The van der Waals surface area contributed by atoms with Crippen LogP contribution >= 0.6 is 0 Å². The fraction of sp³-hybridized carbons (Fsp3) is 0.600. The van der Waals surface area contributed by atoms with Gasteiger partial charge in [0, 0.05) is 12.2 Å². The number of nitrogens with zero attached hydrogens (tertiary/aromatic N) is 1. The molecule has 5 heteroatoms. The average molecular weight is 277 g/mol. The molecule has 1 amide bonds. The van der Waals surface area contributed by atoms with Crippen LogP contribution < -0.4 is 11.1 Å². The lowest BCUT2D eigenvalue weighted by Crippen LogP contribution is -2.27. The summed E-state index contributed by atoms with van der Waals surface area (Å²) in [6.07, 6.45) is 1.89. The number of aryl methyl sites for hydroxylation is 1. The Labute approximate surface area is 119 Å². The van der Waals surface area contributed by atoms with Gasteiger partial charge in [-0.1, -0.05) is 0 Å². The van der Waals surface area contributed by atoms with Crippen LogP contribution in [0.5, 0.6) is 0 Å². The standard InChI is InChI=1S/C15H23N3O2/c1-9-12(8-16)11(10-5-6-10)7-13(17-9)18-14(19)20-15(2,3)4/h7,10H,5-6,8,16H2,1-4H3,(H,17,18,19). The summed E-state index contributed by atoms with van der Waals surface area (Å²) in [4.78, 5) is 16.2. The van der Waals surface area contributed by atoms with Crippen molar-refractivity contribution in [3.8, 4) is 0 Å². The summed E-state index contributed by atoms with van der Waals surface area (Å²) in [6.45, 7) is 7.90. The van der Waals surface area contributed by atoms with E-state index in [9.17, 15) is 4.79 Å². The van der Waals surface area contributed by atoms with Crippen molar-refractivity contribution in [1.82, 2.24) is 4.98 Å². The summed E-state index contributed by atoms with van der Waals surface area (Å²) >= 11 is 0. The van der Waals surface area contributed by atoms with Gasteiger partial charge in [0.2, 0.25) is 0 Å². The van der Waals surface area contributed by atoms with Crippen LogP contribution in [0.4, 0.5) is 10.6 Å². The smallest absolute Gasteiger partial charge is 0.413 e. The molecule has 110 valence electrons. The number of rotatable bonds is 3. The predicted molar refractivity (Wildman–Crippen MR) is 78.7 cm³/mol. The highest BCUT2D eigenvalue weighted by atomic mass is 16.6. The van der Waals surface area contributed by atoms with Gasteiger partial charge in [-0.2, -0.15) is 0 Å². The van der Waals surface area contributed by atoms with Crippen LogP contribution in [0.15, 0.2) is 6.07 Å². The zero-order valence-corrected chi connectivity index (χ0v) is 12.6. The molecule has 0 atom stereocenters. The number of nitrogens with one attached hydrogen (secondary N) is 1. The molecule has 1 saturated carbocycles. The SMILES string of the molecule is Cc1nc(NC(=O)OC(C)(C)C)cc(C2CC2)c1CN. The van der Waals surface area contributed by atoms with Gasteiger partial charge >= 0.3 is 6.09 Å². The third-order valence-electron chi connectivity index (χ3n) is 3.22. The molecule has 20 heavy (non-hydrogen) atoms. The van der Waals surface area contributed by atoms with Crippen LogP contribution in [0, 0.1) is 6.92 Å². The maximum absolute atomic E-state index is 11.8. The number of hydrogen-bond acceptors (Lipinski definition) is 4. The molecular formula is C15H23N3O2. The normalized spacial score (nSPS) is 15.1. The van der Waals surface area contributed by atoms with Crippen LogP contribution in [0.25, 0.3) is 0 Å². The summed E-state index contributed by atoms with van der Waals surface area (Å²) in [7, 11) is 0. The second-order valence-corrected chi connectivity index (χ2v) is 6.27. The van der Waals surface area contributed by atoms with E-state index in [-0.39, 0.29) is 0 Å². The fourth-order valence-corrected chi connectivity index (χ4v) is 2.22. The summed E-state index contributed by atoms with van der Waals surface area (Å²) in [6, 6.07) is 1.93. The number of aromatic nitrogens is 1. The van der Waals surface area contributed by atoms with Crippen molar-refractivity contribution in [2.45, 2.75) is 58.6 Å². The van der Waals surface area contributed by atoms with Gasteiger partial charge in [-0.3, -0.25) is 5.32 Å². The average Bonchev–Trinajstić information content (AvgIpc) is 3.08. The van der Waals surface area contributed by atoms with Crippen molar-refractivity contribution in [2.24, 2.45) is 5.73 Å². The van der Waals surface area contributed by atoms with Gasteiger partial charge < -0.3 is 10.5 Å². The van der Waals surface area contributed by atoms with Crippen molar-refractivity contribution >= 4 is 11.9 Å². The molecule has 0 aliphatic heterocycles. The lowest BCUT2D eigenvalue weighted by atomic mass is 10.0. The lowest BCUT2D eigenvalue weighted by Gasteiger charge is -2.20. The summed E-state index contributed by atoms with van der Waals surface area (Å²) in [5.41, 5.74) is 8.47. The number of nitrogens with two attached hydrogens (primary N) is 1. The topological polar surface area (TPSA) is 77.2 Å². The van der Waals surface area contributed by atoms with E-state index in [4.69, 9.17) is 10.5 Å². The number of pyridine rings is 1. The van der Waals surface area contributed by atoms with Crippen molar-refractivity contribution in [2.75, 3.05) is 5.32 Å². The first kappa shape index (κ1) is 14.8. The van der Waals surface area contributed by atoms with E-state index in [0.29, 0.717) is 18.3 Å². The maximum Gasteiger partial charge on any atom is 0.413 e. The Morgan fingerprint density at radius 2 is 2.15 bits per heavy atom. The minimum Gasteiger partial charge on any atom is -0.444 e. The van der Waals surface area contributed by atoms with Gasteiger partial charge in [0.15, 0.2) is 0 Å². The molecule has 0 radical (unpaired) electrons. The van der Waals surface area contributed by atoms with E-state index in [1.807, 2.05) is 33.8 Å². The zero-order chi connectivity index (χ0) is 14.9. The molecule has 0 bridgehead atoms. The van der Waals surface area contributed by atoms with Crippen LogP contribution in [0.2, 0.25) is 0 Å². The minimum absolute atomic E-state index is 0.480. The Balaban J connectivity index is 2.18. The first-order valence-corrected chi connectivity index (χ1v) is 7.00. The largest absolute Gasteiger partial charge is 0.444 e. The Bertz CT molecular complexity index is 517. The molecule has 3 N–H and O–H groups in total.